The summed E-state index contributed by atoms with van der Waals surface area (Å²) in [6.07, 6.45) is -4.71. The Balaban J connectivity index is 2.70. The summed E-state index contributed by atoms with van der Waals surface area (Å²) in [6.45, 7) is 0. The Bertz CT molecular complexity index is 796. The number of nitrogens with two attached hydrogens (primary N) is 1. The summed E-state index contributed by atoms with van der Waals surface area (Å²) in [4.78, 5) is -0.912. The molecule has 0 aliphatic rings. The van der Waals surface area contributed by atoms with Crippen LogP contribution in [0.25, 0.3) is 11.3 Å². The van der Waals surface area contributed by atoms with Crippen LogP contribution in [-0.4, -0.2) is 19.9 Å². The zero-order chi connectivity index (χ0) is 18.4. The molecule has 0 fully saturated rings. The highest BCUT2D eigenvalue weighted by molar-refractivity contribution is 9.10. The van der Waals surface area contributed by atoms with Gasteiger partial charge in [0, 0.05) is 10.0 Å². The molecule has 0 aliphatic heterocycles. The Morgan fingerprint density at radius 1 is 1.21 bits per heavy atom. The van der Waals surface area contributed by atoms with Crippen LogP contribution < -0.4 is 5.73 Å². The maximum atomic E-state index is 12.7. The highest BCUT2D eigenvalue weighted by Gasteiger charge is 2.42. The van der Waals surface area contributed by atoms with Gasteiger partial charge in [0.2, 0.25) is 0 Å². The van der Waals surface area contributed by atoms with Crippen LogP contribution in [0.1, 0.15) is 5.56 Å². The third kappa shape index (κ3) is 3.54. The molecule has 13 heteroatoms. The lowest BCUT2D eigenvalue weighted by Crippen LogP contribution is -2.17. The summed E-state index contributed by atoms with van der Waals surface area (Å²) in [5.74, 6) is -0.705. The molecule has 2 aromatic rings. The Labute approximate surface area is 145 Å². The number of nitrogens with one attached hydrogen (secondary N) is 1. The van der Waals surface area contributed by atoms with Crippen molar-refractivity contribution >= 4 is 44.1 Å². The molecular formula is C11H5BrClF6N3OS. The number of H-pyrrole nitrogens is 1. The lowest BCUT2D eigenvalue weighted by Gasteiger charge is -2.13. The van der Waals surface area contributed by atoms with Gasteiger partial charge in [-0.2, -0.15) is 31.4 Å². The Morgan fingerprint density at radius 3 is 2.25 bits per heavy atom. The molecule has 1 atom stereocenters. The van der Waals surface area contributed by atoms with Gasteiger partial charge < -0.3 is 5.73 Å². The second-order valence-electron chi connectivity index (χ2n) is 4.34. The molecule has 0 radical (unpaired) electrons. The number of hydrogen-bond donors (Lipinski definition) is 2. The van der Waals surface area contributed by atoms with Gasteiger partial charge in [-0.15, -0.1) is 0 Å². The highest BCUT2D eigenvalue weighted by atomic mass is 79.9. The summed E-state index contributed by atoms with van der Waals surface area (Å²) in [5, 5.41) is 4.93. The van der Waals surface area contributed by atoms with E-state index in [4.69, 9.17) is 17.3 Å². The Hall–Kier alpha value is -1.27. The smallest absolute Gasteiger partial charge is 0.381 e. The highest BCUT2D eigenvalue weighted by Crippen LogP contribution is 2.43. The fraction of sp³-hybridized carbons (Fsp3) is 0.182. The van der Waals surface area contributed by atoms with Crippen LogP contribution in [0.4, 0.5) is 32.2 Å². The average molecular weight is 457 g/mol. The van der Waals surface area contributed by atoms with Crippen molar-refractivity contribution in [2.75, 3.05) is 5.73 Å². The standard InChI is InChI=1S/C11H5BrClF6N3OS/c12-4-1-3(10(14,15)16)2-5(13)6(4)7-8(9(20)22-21-7)24(23)11(17,18)19/h1-2H,(H3,20,21,22). The normalized spacial score (nSPS) is 14.0. The molecule has 0 amide bonds. The van der Waals surface area contributed by atoms with E-state index in [1.165, 1.54) is 0 Å². The quantitative estimate of drug-likeness (QED) is 0.643. The molecule has 1 heterocycles. The van der Waals surface area contributed by atoms with Crippen molar-refractivity contribution < 1.29 is 30.6 Å². The van der Waals surface area contributed by atoms with E-state index < -0.39 is 49.5 Å². The van der Waals surface area contributed by atoms with E-state index in [-0.39, 0.29) is 10.0 Å². The molecule has 3 N–H and O–H groups in total. The molecule has 1 unspecified atom stereocenters. The average Bonchev–Trinajstić information content (AvgIpc) is 2.76. The first kappa shape index (κ1) is 19.1. The van der Waals surface area contributed by atoms with Crippen LogP contribution in [-0.2, 0) is 17.0 Å². The first-order chi connectivity index (χ1) is 10.8. The molecule has 4 nitrogen and oxygen atoms in total. The number of benzene rings is 1. The molecule has 2 rings (SSSR count). The van der Waals surface area contributed by atoms with Crippen LogP contribution in [0.2, 0.25) is 5.02 Å². The van der Waals surface area contributed by atoms with Crippen LogP contribution in [0.15, 0.2) is 21.5 Å². The van der Waals surface area contributed by atoms with Crippen molar-refractivity contribution in [2.24, 2.45) is 0 Å². The summed E-state index contributed by atoms with van der Waals surface area (Å²) in [7, 11) is -3.55. The second-order valence-corrected chi connectivity index (χ2v) is 7.01. The Kier molecular flexibility index (Phi) is 4.94. The number of aromatic amines is 1. The predicted octanol–water partition coefficient (Wildman–Crippen LogP) is 4.72. The van der Waals surface area contributed by atoms with Crippen molar-refractivity contribution in [1.29, 1.82) is 0 Å². The summed E-state index contributed by atoms with van der Waals surface area (Å²) in [6, 6.07) is 1.15. The molecule has 24 heavy (non-hydrogen) atoms. The van der Waals surface area contributed by atoms with Crippen LogP contribution in [0, 0.1) is 0 Å². The monoisotopic (exact) mass is 455 g/mol. The van der Waals surface area contributed by atoms with Gasteiger partial charge in [-0.3, -0.25) is 5.10 Å². The SMILES string of the molecule is Nc1n[nH]c(-c2c(Cl)cc(C(F)(F)F)cc2Br)c1S(=O)C(F)(F)F. The first-order valence-electron chi connectivity index (χ1n) is 5.73. The minimum atomic E-state index is -5.14. The number of anilines is 1. The fourth-order valence-corrected chi connectivity index (χ4v) is 3.68. The molecule has 0 aliphatic carbocycles. The molecule has 132 valence electrons. The predicted molar refractivity (Wildman–Crippen MR) is 78.6 cm³/mol. The number of hydrogen-bond acceptors (Lipinski definition) is 3. The van der Waals surface area contributed by atoms with Gasteiger partial charge in [-0.1, -0.05) is 27.5 Å². The summed E-state index contributed by atoms with van der Waals surface area (Å²) < 4.78 is 87.7. The van der Waals surface area contributed by atoms with Gasteiger partial charge in [0.15, 0.2) is 16.6 Å². The number of halogens is 8. The molecular weight excluding hydrogens is 452 g/mol. The first-order valence-corrected chi connectivity index (χ1v) is 8.05. The van der Waals surface area contributed by atoms with Gasteiger partial charge in [-0.05, 0) is 12.1 Å². The maximum absolute atomic E-state index is 12.7. The number of nitrogens with zero attached hydrogens (tertiary/aromatic N) is 1. The van der Waals surface area contributed by atoms with Crippen molar-refractivity contribution in [1.82, 2.24) is 10.2 Å². The minimum absolute atomic E-state index is 0.272. The molecule has 0 saturated carbocycles. The van der Waals surface area contributed by atoms with Crippen LogP contribution in [0.3, 0.4) is 0 Å². The van der Waals surface area contributed by atoms with Crippen LogP contribution in [0.5, 0.6) is 0 Å². The van der Waals surface area contributed by atoms with Gasteiger partial charge in [0.25, 0.3) is 0 Å². The minimum Gasteiger partial charge on any atom is -0.381 e. The van der Waals surface area contributed by atoms with Crippen molar-refractivity contribution in [3.8, 4) is 11.3 Å². The lowest BCUT2D eigenvalue weighted by molar-refractivity contribution is -0.137. The maximum Gasteiger partial charge on any atom is 0.476 e. The van der Waals surface area contributed by atoms with Gasteiger partial charge >= 0.3 is 11.7 Å². The Morgan fingerprint density at radius 2 is 1.79 bits per heavy atom. The van der Waals surface area contributed by atoms with E-state index in [0.29, 0.717) is 12.1 Å². The van der Waals surface area contributed by atoms with E-state index in [1.807, 2.05) is 0 Å². The van der Waals surface area contributed by atoms with E-state index >= 15 is 0 Å². The molecule has 0 spiro atoms. The topological polar surface area (TPSA) is 71.8 Å². The van der Waals surface area contributed by atoms with Crippen molar-refractivity contribution in [2.45, 2.75) is 16.6 Å². The van der Waals surface area contributed by atoms with Crippen molar-refractivity contribution in [3.05, 3.63) is 27.2 Å². The van der Waals surface area contributed by atoms with Gasteiger partial charge in [0.1, 0.15) is 4.90 Å². The second kappa shape index (κ2) is 6.23. The van der Waals surface area contributed by atoms with Crippen LogP contribution >= 0.6 is 27.5 Å². The van der Waals surface area contributed by atoms with E-state index in [2.05, 4.69) is 26.1 Å². The third-order valence-electron chi connectivity index (χ3n) is 2.76. The lowest BCUT2D eigenvalue weighted by atomic mass is 10.1. The largest absolute Gasteiger partial charge is 0.476 e. The zero-order valence-corrected chi connectivity index (χ0v) is 14.2. The van der Waals surface area contributed by atoms with E-state index in [0.717, 1.165) is 0 Å². The number of aromatic nitrogens is 2. The van der Waals surface area contributed by atoms with Gasteiger partial charge in [0.05, 0.1) is 16.3 Å². The molecule has 1 aromatic heterocycles. The summed E-state index contributed by atoms with van der Waals surface area (Å²) in [5.41, 5.74) is -1.72. The third-order valence-corrected chi connectivity index (χ3v) is 4.89. The van der Waals surface area contributed by atoms with Crippen molar-refractivity contribution in [3.63, 3.8) is 0 Å². The summed E-state index contributed by atoms with van der Waals surface area (Å²) >= 11 is 8.59. The number of nitrogen functional groups attached to an aromatic ring is 1. The van der Waals surface area contributed by atoms with E-state index in [1.54, 1.807) is 0 Å². The number of alkyl halides is 6. The van der Waals surface area contributed by atoms with Gasteiger partial charge in [-0.25, -0.2) is 4.21 Å². The fourth-order valence-electron chi connectivity index (χ4n) is 1.79. The molecule has 0 saturated heterocycles. The number of rotatable bonds is 2. The molecule has 1 aromatic carbocycles. The van der Waals surface area contributed by atoms with E-state index in [9.17, 15) is 30.6 Å². The molecule has 0 bridgehead atoms. The zero-order valence-electron chi connectivity index (χ0n) is 11.0.